The lowest BCUT2D eigenvalue weighted by atomic mass is 10.4. The van der Waals surface area contributed by atoms with Gasteiger partial charge in [-0.1, -0.05) is 0 Å². The minimum atomic E-state index is -3.55. The molecule has 0 spiro atoms. The maximum absolute atomic E-state index is 11.9. The normalized spacial score (nSPS) is 11.5. The number of nitrogens with one attached hydrogen (secondary N) is 1. The number of hydrogen-bond donors (Lipinski definition) is 1. The van der Waals surface area contributed by atoms with Gasteiger partial charge in [-0.15, -0.1) is 11.3 Å². The first-order valence-corrected chi connectivity index (χ1v) is 7.78. The highest BCUT2D eigenvalue weighted by Gasteiger charge is 2.19. The fourth-order valence-corrected chi connectivity index (χ4v) is 4.61. The monoisotopic (exact) mass is 341 g/mol. The molecule has 0 aromatic carbocycles. The van der Waals surface area contributed by atoms with Crippen molar-refractivity contribution in [1.29, 1.82) is 0 Å². The largest absolute Gasteiger partial charge is 0.469 e. The molecule has 96 valence electrons. The van der Waals surface area contributed by atoms with Crippen LogP contribution < -0.4 is 4.72 Å². The van der Waals surface area contributed by atoms with Gasteiger partial charge in [0, 0.05) is 11.4 Å². The minimum Gasteiger partial charge on any atom is -0.469 e. The van der Waals surface area contributed by atoms with E-state index in [2.05, 4.69) is 25.4 Å². The average molecular weight is 342 g/mol. The molecular weight excluding hydrogens is 330 g/mol. The van der Waals surface area contributed by atoms with Gasteiger partial charge in [0.15, 0.2) is 0 Å². The van der Waals surface area contributed by atoms with E-state index in [4.69, 9.17) is 0 Å². The molecule has 0 saturated carbocycles. The van der Waals surface area contributed by atoms with Crippen molar-refractivity contribution in [2.24, 2.45) is 0 Å². The Morgan fingerprint density at radius 1 is 1.59 bits per heavy atom. The third-order valence-corrected chi connectivity index (χ3v) is 5.25. The second-order valence-electron chi connectivity index (χ2n) is 3.19. The highest BCUT2D eigenvalue weighted by Crippen LogP contribution is 2.29. The summed E-state index contributed by atoms with van der Waals surface area (Å²) in [5.41, 5.74) is 0. The Kier molecular flexibility index (Phi) is 5.11. The van der Waals surface area contributed by atoms with E-state index in [9.17, 15) is 13.2 Å². The van der Waals surface area contributed by atoms with Gasteiger partial charge in [-0.3, -0.25) is 4.79 Å². The number of rotatable bonds is 5. The summed E-state index contributed by atoms with van der Waals surface area (Å²) in [6.07, 6.45) is 0.0140. The van der Waals surface area contributed by atoms with Crippen LogP contribution in [0.15, 0.2) is 14.7 Å². The number of thiophene rings is 1. The molecule has 0 aliphatic rings. The molecule has 1 rings (SSSR count). The highest BCUT2D eigenvalue weighted by molar-refractivity contribution is 9.11. The fraction of sp³-hybridized carbons (Fsp3) is 0.444. The van der Waals surface area contributed by atoms with Crippen LogP contribution in [0.3, 0.4) is 0 Å². The van der Waals surface area contributed by atoms with Gasteiger partial charge < -0.3 is 4.74 Å². The van der Waals surface area contributed by atoms with Crippen molar-refractivity contribution in [1.82, 2.24) is 4.72 Å². The van der Waals surface area contributed by atoms with Crippen LogP contribution in [-0.4, -0.2) is 28.0 Å². The van der Waals surface area contributed by atoms with E-state index in [0.29, 0.717) is 4.88 Å². The average Bonchev–Trinajstić information content (AvgIpc) is 2.58. The number of halogens is 1. The maximum atomic E-state index is 11.9. The van der Waals surface area contributed by atoms with Crippen LogP contribution in [0, 0.1) is 6.92 Å². The van der Waals surface area contributed by atoms with Gasteiger partial charge in [-0.25, -0.2) is 13.1 Å². The number of ether oxygens (including phenoxy) is 1. The maximum Gasteiger partial charge on any atom is 0.306 e. The third-order valence-electron chi connectivity index (χ3n) is 1.98. The molecule has 5 nitrogen and oxygen atoms in total. The zero-order chi connectivity index (χ0) is 13.1. The highest BCUT2D eigenvalue weighted by atomic mass is 79.9. The molecule has 1 N–H and O–H groups in total. The summed E-state index contributed by atoms with van der Waals surface area (Å²) in [5.74, 6) is -0.448. The summed E-state index contributed by atoms with van der Waals surface area (Å²) >= 11 is 4.58. The van der Waals surface area contributed by atoms with E-state index >= 15 is 0 Å². The van der Waals surface area contributed by atoms with Crippen molar-refractivity contribution in [2.45, 2.75) is 18.2 Å². The quantitative estimate of drug-likeness (QED) is 0.826. The standard InChI is InChI=1S/C9H12BrNO4S2/c1-6-7(5-8(10)16-6)17(13,14)11-4-3-9(12)15-2/h5,11H,3-4H2,1-2H3. The minimum absolute atomic E-state index is 0.0140. The van der Waals surface area contributed by atoms with Crippen molar-refractivity contribution < 1.29 is 17.9 Å². The van der Waals surface area contributed by atoms with Crippen LogP contribution >= 0.6 is 27.3 Å². The fourth-order valence-electron chi connectivity index (χ4n) is 1.16. The zero-order valence-electron chi connectivity index (χ0n) is 9.32. The number of methoxy groups -OCH3 is 1. The second kappa shape index (κ2) is 5.94. The lowest BCUT2D eigenvalue weighted by Gasteiger charge is -2.05. The summed E-state index contributed by atoms with van der Waals surface area (Å²) in [6, 6.07) is 1.54. The molecule has 0 aliphatic heterocycles. The van der Waals surface area contributed by atoms with Crippen molar-refractivity contribution in [3.63, 3.8) is 0 Å². The second-order valence-corrected chi connectivity index (χ2v) is 7.57. The number of sulfonamides is 1. The molecule has 0 bridgehead atoms. The predicted octanol–water partition coefficient (Wildman–Crippen LogP) is 1.66. The number of hydrogen-bond acceptors (Lipinski definition) is 5. The van der Waals surface area contributed by atoms with Crippen LogP contribution in [0.4, 0.5) is 0 Å². The van der Waals surface area contributed by atoms with Gasteiger partial charge in [-0.05, 0) is 28.9 Å². The Labute approximate surface area is 112 Å². The molecule has 17 heavy (non-hydrogen) atoms. The molecular formula is C9H12BrNO4S2. The SMILES string of the molecule is COC(=O)CCNS(=O)(=O)c1cc(Br)sc1C. The molecule has 1 aromatic heterocycles. The molecule has 1 aromatic rings. The first kappa shape index (κ1) is 14.6. The molecule has 0 fully saturated rings. The van der Waals surface area contributed by atoms with E-state index in [0.717, 1.165) is 3.79 Å². The topological polar surface area (TPSA) is 72.5 Å². The van der Waals surface area contributed by atoms with Crippen molar-refractivity contribution in [3.8, 4) is 0 Å². The Morgan fingerprint density at radius 2 is 2.24 bits per heavy atom. The lowest BCUT2D eigenvalue weighted by Crippen LogP contribution is -2.26. The number of carbonyl (C=O) groups excluding carboxylic acids is 1. The molecule has 0 unspecified atom stereocenters. The van der Waals surface area contributed by atoms with Crippen LogP contribution in [0.25, 0.3) is 0 Å². The van der Waals surface area contributed by atoms with E-state index in [1.54, 1.807) is 13.0 Å². The van der Waals surface area contributed by atoms with Crippen molar-refractivity contribution in [2.75, 3.05) is 13.7 Å². The van der Waals surface area contributed by atoms with E-state index in [-0.39, 0.29) is 17.9 Å². The summed E-state index contributed by atoms with van der Waals surface area (Å²) in [5, 5.41) is 0. The Bertz CT molecular complexity index is 509. The Balaban J connectivity index is 2.70. The van der Waals surface area contributed by atoms with Crippen LogP contribution in [0.1, 0.15) is 11.3 Å². The summed E-state index contributed by atoms with van der Waals surface area (Å²) < 4.78 is 31.2. The molecule has 1 heterocycles. The van der Waals surface area contributed by atoms with Crippen molar-refractivity contribution in [3.05, 3.63) is 14.7 Å². The summed E-state index contributed by atoms with van der Waals surface area (Å²) in [6.45, 7) is 1.76. The molecule has 0 saturated heterocycles. The van der Waals surface area contributed by atoms with Gasteiger partial charge in [0.1, 0.15) is 0 Å². The molecule has 0 aliphatic carbocycles. The van der Waals surface area contributed by atoms with Crippen LogP contribution in [0.2, 0.25) is 0 Å². The van der Waals surface area contributed by atoms with Gasteiger partial charge in [0.2, 0.25) is 10.0 Å². The Hall–Kier alpha value is -0.440. The van der Waals surface area contributed by atoms with E-state index in [1.807, 2.05) is 0 Å². The van der Waals surface area contributed by atoms with Gasteiger partial charge in [-0.2, -0.15) is 0 Å². The molecule has 0 amide bonds. The first-order chi connectivity index (χ1) is 7.86. The van der Waals surface area contributed by atoms with Gasteiger partial charge in [0.05, 0.1) is 22.2 Å². The number of aryl methyl sites for hydroxylation is 1. The zero-order valence-corrected chi connectivity index (χ0v) is 12.5. The first-order valence-electron chi connectivity index (χ1n) is 4.69. The molecule has 0 radical (unpaired) electrons. The molecule has 8 heteroatoms. The van der Waals surface area contributed by atoms with Crippen LogP contribution in [-0.2, 0) is 19.6 Å². The summed E-state index contributed by atoms with van der Waals surface area (Å²) in [7, 11) is -2.29. The number of esters is 1. The van der Waals surface area contributed by atoms with E-state index < -0.39 is 16.0 Å². The van der Waals surface area contributed by atoms with E-state index in [1.165, 1.54) is 18.4 Å². The van der Waals surface area contributed by atoms with Gasteiger partial charge >= 0.3 is 5.97 Å². The van der Waals surface area contributed by atoms with Crippen molar-refractivity contribution >= 4 is 43.3 Å². The Morgan fingerprint density at radius 3 is 2.71 bits per heavy atom. The smallest absolute Gasteiger partial charge is 0.306 e. The molecule has 0 atom stereocenters. The van der Waals surface area contributed by atoms with Gasteiger partial charge in [0.25, 0.3) is 0 Å². The number of carbonyl (C=O) groups is 1. The third kappa shape index (κ3) is 4.06. The predicted molar refractivity (Wildman–Crippen MR) is 68.6 cm³/mol. The van der Waals surface area contributed by atoms with Crippen LogP contribution in [0.5, 0.6) is 0 Å². The lowest BCUT2D eigenvalue weighted by molar-refractivity contribution is -0.140. The summed E-state index contributed by atoms with van der Waals surface area (Å²) in [4.78, 5) is 11.8.